The Bertz CT molecular complexity index is 400. The number of oxime groups is 1. The fourth-order valence-electron chi connectivity index (χ4n) is 1.23. The number of hydrogen-bond acceptors (Lipinski definition) is 3. The van der Waals surface area contributed by atoms with E-state index in [0.29, 0.717) is 5.57 Å². The van der Waals surface area contributed by atoms with Gasteiger partial charge in [0.15, 0.2) is 0 Å². The van der Waals surface area contributed by atoms with Crippen LogP contribution in [-0.2, 0) is 4.74 Å². The van der Waals surface area contributed by atoms with Gasteiger partial charge in [-0.1, -0.05) is 23.4 Å². The predicted octanol–water partition coefficient (Wildman–Crippen LogP) is 3.48. The molecule has 0 radical (unpaired) electrons. The summed E-state index contributed by atoms with van der Waals surface area (Å²) >= 11 is 0. The smallest absolute Gasteiger partial charge is 0.433 e. The third-order valence-electron chi connectivity index (χ3n) is 2.08. The standard InChI is InChI=1S/C11H11F4NO2/c12-10(13)11(14,15)18-9-4-2-1-3-8(5-6-9)7-16-17/h1-3,6-7,10,17H,4-5H2/b2-1-,8-3+,9-6+,16-7?. The molecule has 3 nitrogen and oxygen atoms in total. The highest BCUT2D eigenvalue weighted by molar-refractivity contribution is 5.78. The van der Waals surface area contributed by atoms with Crippen LogP contribution in [0.4, 0.5) is 17.6 Å². The molecule has 1 aliphatic carbocycles. The Morgan fingerprint density at radius 2 is 2.11 bits per heavy atom. The van der Waals surface area contributed by atoms with E-state index >= 15 is 0 Å². The summed E-state index contributed by atoms with van der Waals surface area (Å²) in [4.78, 5) is 0. The number of nitrogens with zero attached hydrogens (tertiary/aromatic N) is 1. The van der Waals surface area contributed by atoms with Gasteiger partial charge in [0.05, 0.1) is 6.21 Å². The quantitative estimate of drug-likeness (QED) is 0.366. The van der Waals surface area contributed by atoms with Gasteiger partial charge in [0, 0.05) is 6.42 Å². The summed E-state index contributed by atoms with van der Waals surface area (Å²) in [5.41, 5.74) is 0.523. The van der Waals surface area contributed by atoms with Crippen LogP contribution in [0, 0.1) is 0 Å². The Morgan fingerprint density at radius 3 is 2.72 bits per heavy atom. The average molecular weight is 265 g/mol. The second-order valence-corrected chi connectivity index (χ2v) is 3.46. The van der Waals surface area contributed by atoms with Crippen molar-refractivity contribution in [3.05, 3.63) is 35.6 Å². The summed E-state index contributed by atoms with van der Waals surface area (Å²) < 4.78 is 53.3. The first-order chi connectivity index (χ1) is 8.45. The largest absolute Gasteiger partial charge is 0.460 e. The summed E-state index contributed by atoms with van der Waals surface area (Å²) in [5, 5.41) is 11.1. The molecule has 0 fully saturated rings. The number of alkyl halides is 4. The summed E-state index contributed by atoms with van der Waals surface area (Å²) in [7, 11) is 0. The Hall–Kier alpha value is -1.79. The van der Waals surface area contributed by atoms with Crippen molar-refractivity contribution in [2.24, 2.45) is 5.16 Å². The molecular weight excluding hydrogens is 254 g/mol. The molecule has 0 amide bonds. The Morgan fingerprint density at radius 1 is 1.39 bits per heavy atom. The molecule has 0 atom stereocenters. The highest BCUT2D eigenvalue weighted by Gasteiger charge is 2.44. The molecular formula is C11H11F4NO2. The van der Waals surface area contributed by atoms with Crippen molar-refractivity contribution in [1.82, 2.24) is 0 Å². The number of rotatable bonds is 4. The van der Waals surface area contributed by atoms with Crippen LogP contribution in [-0.4, -0.2) is 24.0 Å². The first kappa shape index (κ1) is 14.3. The maximum Gasteiger partial charge on any atom is 0.460 e. The van der Waals surface area contributed by atoms with Crippen LogP contribution in [0.2, 0.25) is 0 Å². The molecule has 0 saturated heterocycles. The van der Waals surface area contributed by atoms with Gasteiger partial charge < -0.3 is 9.94 Å². The second-order valence-electron chi connectivity index (χ2n) is 3.46. The molecule has 0 aromatic carbocycles. The van der Waals surface area contributed by atoms with E-state index < -0.39 is 12.5 Å². The highest BCUT2D eigenvalue weighted by atomic mass is 19.3. The topological polar surface area (TPSA) is 41.8 Å². The van der Waals surface area contributed by atoms with Crippen LogP contribution >= 0.6 is 0 Å². The van der Waals surface area contributed by atoms with Gasteiger partial charge in [0.1, 0.15) is 5.76 Å². The molecule has 0 aliphatic heterocycles. The van der Waals surface area contributed by atoms with E-state index in [0.717, 1.165) is 6.21 Å². The van der Waals surface area contributed by atoms with Crippen molar-refractivity contribution in [1.29, 1.82) is 0 Å². The molecule has 18 heavy (non-hydrogen) atoms. The van der Waals surface area contributed by atoms with Gasteiger partial charge >= 0.3 is 12.5 Å². The van der Waals surface area contributed by atoms with Crippen molar-refractivity contribution >= 4 is 6.21 Å². The van der Waals surface area contributed by atoms with Gasteiger partial charge in [-0.15, -0.1) is 0 Å². The second kappa shape index (κ2) is 6.23. The van der Waals surface area contributed by atoms with E-state index in [2.05, 4.69) is 9.89 Å². The van der Waals surface area contributed by atoms with Crippen LogP contribution in [0.5, 0.6) is 0 Å². The SMILES string of the molecule is ON=C/C1=C/C=C\C/C(OC(F)(F)C(F)F)=C\C1. The lowest BCUT2D eigenvalue weighted by Gasteiger charge is -2.19. The fraction of sp³-hybridized carbons (Fsp3) is 0.364. The first-order valence-corrected chi connectivity index (χ1v) is 5.03. The van der Waals surface area contributed by atoms with E-state index in [4.69, 9.17) is 5.21 Å². The summed E-state index contributed by atoms with van der Waals surface area (Å²) in [6.07, 6.45) is -1.28. The van der Waals surface area contributed by atoms with Crippen LogP contribution in [0.25, 0.3) is 0 Å². The Balaban J connectivity index is 2.77. The number of halogens is 4. The van der Waals surface area contributed by atoms with Crippen LogP contribution in [0.1, 0.15) is 12.8 Å². The minimum absolute atomic E-state index is 0.0115. The molecule has 100 valence electrons. The minimum Gasteiger partial charge on any atom is -0.433 e. The van der Waals surface area contributed by atoms with Crippen molar-refractivity contribution in [2.45, 2.75) is 25.4 Å². The maximum absolute atomic E-state index is 12.7. The van der Waals surface area contributed by atoms with E-state index in [1.807, 2.05) is 0 Å². The lowest BCUT2D eigenvalue weighted by atomic mass is 10.1. The zero-order chi connectivity index (χ0) is 13.6. The molecule has 1 N–H and O–H groups in total. The van der Waals surface area contributed by atoms with Gasteiger partial charge in [-0.2, -0.15) is 17.6 Å². The highest BCUT2D eigenvalue weighted by Crippen LogP contribution is 2.29. The van der Waals surface area contributed by atoms with Gasteiger partial charge in [-0.25, -0.2) is 0 Å². The Kier molecular flexibility index (Phi) is 4.94. The zero-order valence-electron chi connectivity index (χ0n) is 9.19. The number of ether oxygens (including phenoxy) is 1. The van der Waals surface area contributed by atoms with Crippen molar-refractivity contribution in [3.8, 4) is 0 Å². The van der Waals surface area contributed by atoms with Gasteiger partial charge in [0.2, 0.25) is 0 Å². The normalized spacial score (nSPS) is 24.9. The van der Waals surface area contributed by atoms with Gasteiger partial charge in [-0.3, -0.25) is 0 Å². The first-order valence-electron chi connectivity index (χ1n) is 5.03. The number of hydrogen-bond donors (Lipinski definition) is 1. The molecule has 1 rings (SSSR count). The molecule has 0 spiro atoms. The van der Waals surface area contributed by atoms with E-state index in [-0.39, 0.29) is 18.6 Å². The lowest BCUT2D eigenvalue weighted by Crippen LogP contribution is -2.29. The van der Waals surface area contributed by atoms with Crippen molar-refractivity contribution < 1.29 is 27.5 Å². The molecule has 0 aromatic heterocycles. The molecule has 0 unspecified atom stereocenters. The van der Waals surface area contributed by atoms with E-state index in [9.17, 15) is 17.6 Å². The van der Waals surface area contributed by atoms with E-state index in [1.54, 1.807) is 6.08 Å². The van der Waals surface area contributed by atoms with Crippen LogP contribution < -0.4 is 0 Å². The third-order valence-corrected chi connectivity index (χ3v) is 2.08. The molecule has 0 heterocycles. The molecule has 7 heteroatoms. The molecule has 0 aromatic rings. The molecule has 0 saturated carbocycles. The third kappa shape index (κ3) is 4.23. The average Bonchev–Trinajstić information content (AvgIpc) is 2.26. The number of allylic oxidation sites excluding steroid dienone is 5. The monoisotopic (exact) mass is 265 g/mol. The summed E-state index contributed by atoms with van der Waals surface area (Å²) in [6, 6.07) is 0. The summed E-state index contributed by atoms with van der Waals surface area (Å²) in [5.74, 6) is -0.256. The van der Waals surface area contributed by atoms with Crippen molar-refractivity contribution in [2.75, 3.05) is 0 Å². The van der Waals surface area contributed by atoms with Gasteiger partial charge in [0.25, 0.3) is 0 Å². The minimum atomic E-state index is -4.51. The van der Waals surface area contributed by atoms with Crippen LogP contribution in [0.3, 0.4) is 0 Å². The Labute approximate surface area is 101 Å². The molecule has 0 bridgehead atoms. The zero-order valence-corrected chi connectivity index (χ0v) is 9.19. The fourth-order valence-corrected chi connectivity index (χ4v) is 1.23. The van der Waals surface area contributed by atoms with E-state index in [1.165, 1.54) is 18.2 Å². The predicted molar refractivity (Wildman–Crippen MR) is 56.9 cm³/mol. The van der Waals surface area contributed by atoms with Crippen molar-refractivity contribution in [3.63, 3.8) is 0 Å². The maximum atomic E-state index is 12.7. The lowest BCUT2D eigenvalue weighted by molar-refractivity contribution is -0.282. The van der Waals surface area contributed by atoms with Crippen LogP contribution in [0.15, 0.2) is 40.8 Å². The van der Waals surface area contributed by atoms with Gasteiger partial charge in [-0.05, 0) is 18.1 Å². The summed E-state index contributed by atoms with van der Waals surface area (Å²) in [6.45, 7) is 0. The molecule has 1 aliphatic rings.